The Hall–Kier alpha value is -3.41. The minimum atomic E-state index is -0.564. The third kappa shape index (κ3) is 3.81. The molecule has 0 spiro atoms. The van der Waals surface area contributed by atoms with Crippen molar-refractivity contribution in [1.29, 1.82) is 0 Å². The van der Waals surface area contributed by atoms with Crippen LogP contribution in [0.5, 0.6) is 0 Å². The van der Waals surface area contributed by atoms with Crippen molar-refractivity contribution in [3.8, 4) is 5.69 Å². The first-order valence-electron chi connectivity index (χ1n) is 8.91. The number of benzene rings is 2. The number of rotatable bonds is 4. The molecular weight excluding hydrogens is 357 g/mol. The molecule has 1 aromatic heterocycles. The van der Waals surface area contributed by atoms with E-state index in [1.165, 1.54) is 25.1 Å². The van der Waals surface area contributed by atoms with Crippen LogP contribution in [0.1, 0.15) is 34.2 Å². The van der Waals surface area contributed by atoms with Crippen LogP contribution in [0.3, 0.4) is 0 Å². The molecule has 0 atom stereocenters. The summed E-state index contributed by atoms with van der Waals surface area (Å²) >= 11 is 0. The van der Waals surface area contributed by atoms with E-state index < -0.39 is 5.82 Å². The highest BCUT2D eigenvalue weighted by Crippen LogP contribution is 2.25. The molecule has 0 bridgehead atoms. The van der Waals surface area contributed by atoms with E-state index in [2.05, 4.69) is 10.6 Å². The third-order valence-corrected chi connectivity index (χ3v) is 4.57. The van der Waals surface area contributed by atoms with Crippen molar-refractivity contribution in [2.75, 3.05) is 10.6 Å². The van der Waals surface area contributed by atoms with E-state index in [1.807, 2.05) is 55.7 Å². The average Bonchev–Trinajstić information content (AvgIpc) is 2.92. The lowest BCUT2D eigenvalue weighted by molar-refractivity contribution is -0.114. The van der Waals surface area contributed by atoms with Crippen LogP contribution in [0.25, 0.3) is 5.69 Å². The normalized spacial score (nSPS) is 10.6. The van der Waals surface area contributed by atoms with Gasteiger partial charge >= 0.3 is 0 Å². The molecular formula is C22H22FN3O2. The minimum absolute atomic E-state index is 0.0238. The van der Waals surface area contributed by atoms with Gasteiger partial charge in [0.1, 0.15) is 5.82 Å². The SMILES string of the molecule is CC(=O)Nc1cc(NC(=O)c2cc(C)n(-c3ccccc3C)c2C)ccc1F. The zero-order chi connectivity index (χ0) is 20.4. The van der Waals surface area contributed by atoms with Gasteiger partial charge in [-0.1, -0.05) is 18.2 Å². The van der Waals surface area contributed by atoms with E-state index >= 15 is 0 Å². The third-order valence-electron chi connectivity index (χ3n) is 4.57. The molecule has 0 fully saturated rings. The molecule has 0 radical (unpaired) electrons. The van der Waals surface area contributed by atoms with Gasteiger partial charge in [0.25, 0.3) is 5.91 Å². The van der Waals surface area contributed by atoms with E-state index in [4.69, 9.17) is 0 Å². The van der Waals surface area contributed by atoms with Crippen molar-refractivity contribution >= 4 is 23.2 Å². The van der Waals surface area contributed by atoms with Crippen LogP contribution < -0.4 is 10.6 Å². The van der Waals surface area contributed by atoms with E-state index in [9.17, 15) is 14.0 Å². The fourth-order valence-corrected chi connectivity index (χ4v) is 3.26. The number of hydrogen-bond acceptors (Lipinski definition) is 2. The Balaban J connectivity index is 1.91. The zero-order valence-electron chi connectivity index (χ0n) is 16.3. The number of nitrogens with zero attached hydrogens (tertiary/aromatic N) is 1. The number of carbonyl (C=O) groups excluding carboxylic acids is 2. The molecule has 0 aliphatic heterocycles. The summed E-state index contributed by atoms with van der Waals surface area (Å²) in [6.45, 7) is 7.16. The fourth-order valence-electron chi connectivity index (χ4n) is 3.26. The van der Waals surface area contributed by atoms with Crippen molar-refractivity contribution in [2.45, 2.75) is 27.7 Å². The Morgan fingerprint density at radius 1 is 0.964 bits per heavy atom. The van der Waals surface area contributed by atoms with Crippen LogP contribution in [0.15, 0.2) is 48.5 Å². The number of halogens is 1. The van der Waals surface area contributed by atoms with E-state index in [-0.39, 0.29) is 17.5 Å². The Morgan fingerprint density at radius 3 is 2.36 bits per heavy atom. The highest BCUT2D eigenvalue weighted by Gasteiger charge is 2.18. The maximum Gasteiger partial charge on any atom is 0.257 e. The molecule has 0 aliphatic rings. The number of amides is 2. The molecule has 28 heavy (non-hydrogen) atoms. The molecule has 3 rings (SSSR count). The number of hydrogen-bond donors (Lipinski definition) is 2. The van der Waals surface area contributed by atoms with Gasteiger partial charge in [-0.2, -0.15) is 0 Å². The van der Waals surface area contributed by atoms with E-state index in [0.717, 1.165) is 22.6 Å². The first-order valence-corrected chi connectivity index (χ1v) is 8.91. The quantitative estimate of drug-likeness (QED) is 0.687. The zero-order valence-corrected chi connectivity index (χ0v) is 16.3. The number of nitrogens with one attached hydrogen (secondary N) is 2. The summed E-state index contributed by atoms with van der Waals surface area (Å²) in [5.74, 6) is -1.25. The molecule has 144 valence electrons. The van der Waals surface area contributed by atoms with E-state index in [1.54, 1.807) is 0 Å². The van der Waals surface area contributed by atoms with Gasteiger partial charge in [-0.15, -0.1) is 0 Å². The highest BCUT2D eigenvalue weighted by atomic mass is 19.1. The Morgan fingerprint density at radius 2 is 1.68 bits per heavy atom. The summed E-state index contributed by atoms with van der Waals surface area (Å²) < 4.78 is 15.8. The lowest BCUT2D eigenvalue weighted by atomic mass is 10.2. The van der Waals surface area contributed by atoms with Crippen molar-refractivity contribution in [3.05, 3.63) is 76.9 Å². The molecule has 2 aromatic carbocycles. The molecule has 5 nitrogen and oxygen atoms in total. The van der Waals surface area contributed by atoms with Crippen LogP contribution in [0, 0.1) is 26.6 Å². The van der Waals surface area contributed by atoms with Gasteiger partial charge in [0.15, 0.2) is 0 Å². The second-order valence-electron chi connectivity index (χ2n) is 6.74. The first-order chi connectivity index (χ1) is 13.3. The summed E-state index contributed by atoms with van der Waals surface area (Å²) in [5.41, 5.74) is 4.84. The van der Waals surface area contributed by atoms with Crippen LogP contribution in [0.2, 0.25) is 0 Å². The lowest BCUT2D eigenvalue weighted by Gasteiger charge is -2.13. The predicted octanol–water partition coefficient (Wildman–Crippen LogP) is 4.75. The van der Waals surface area contributed by atoms with Crippen LogP contribution in [0.4, 0.5) is 15.8 Å². The summed E-state index contributed by atoms with van der Waals surface area (Å²) in [5, 5.41) is 5.19. The second-order valence-corrected chi connectivity index (χ2v) is 6.74. The first kappa shape index (κ1) is 19.4. The highest BCUT2D eigenvalue weighted by molar-refractivity contribution is 6.05. The predicted molar refractivity (Wildman–Crippen MR) is 109 cm³/mol. The molecule has 2 N–H and O–H groups in total. The molecule has 0 aliphatic carbocycles. The monoisotopic (exact) mass is 379 g/mol. The number of aromatic nitrogens is 1. The Labute approximate surface area is 163 Å². The molecule has 1 heterocycles. The van der Waals surface area contributed by atoms with Crippen molar-refractivity contribution < 1.29 is 14.0 Å². The maximum atomic E-state index is 13.8. The maximum absolute atomic E-state index is 13.8. The van der Waals surface area contributed by atoms with Crippen LogP contribution in [-0.4, -0.2) is 16.4 Å². The Kier molecular flexibility index (Phi) is 5.31. The molecule has 3 aromatic rings. The summed E-state index contributed by atoms with van der Waals surface area (Å²) in [7, 11) is 0. The molecule has 2 amide bonds. The Bertz CT molecular complexity index is 1070. The van der Waals surface area contributed by atoms with Gasteiger partial charge in [-0.25, -0.2) is 4.39 Å². The van der Waals surface area contributed by atoms with Crippen LogP contribution >= 0.6 is 0 Å². The molecule has 6 heteroatoms. The minimum Gasteiger partial charge on any atom is -0.324 e. The lowest BCUT2D eigenvalue weighted by Crippen LogP contribution is -2.14. The molecule has 0 unspecified atom stereocenters. The topological polar surface area (TPSA) is 63.1 Å². The largest absolute Gasteiger partial charge is 0.324 e. The number of aryl methyl sites for hydroxylation is 2. The second kappa shape index (κ2) is 7.68. The summed E-state index contributed by atoms with van der Waals surface area (Å²) in [6, 6.07) is 13.9. The molecule has 0 saturated carbocycles. The number of anilines is 2. The summed E-state index contributed by atoms with van der Waals surface area (Å²) in [4.78, 5) is 24.0. The van der Waals surface area contributed by atoms with Gasteiger partial charge in [0.2, 0.25) is 5.91 Å². The van der Waals surface area contributed by atoms with Crippen LogP contribution in [-0.2, 0) is 4.79 Å². The van der Waals surface area contributed by atoms with Gasteiger partial charge in [-0.05, 0) is 56.7 Å². The number of para-hydroxylation sites is 1. The van der Waals surface area contributed by atoms with E-state index in [0.29, 0.717) is 11.3 Å². The van der Waals surface area contributed by atoms with Crippen molar-refractivity contribution in [2.24, 2.45) is 0 Å². The standard InChI is InChI=1S/C22H22FN3O2/c1-13-7-5-6-8-21(13)26-14(2)11-18(15(26)3)22(28)25-17-9-10-19(23)20(12-17)24-16(4)27/h5-12H,1-4H3,(H,24,27)(H,25,28). The average molecular weight is 379 g/mol. The van der Waals surface area contributed by atoms with Crippen molar-refractivity contribution in [1.82, 2.24) is 4.57 Å². The number of carbonyl (C=O) groups is 2. The van der Waals surface area contributed by atoms with Crippen molar-refractivity contribution in [3.63, 3.8) is 0 Å². The van der Waals surface area contributed by atoms with Gasteiger partial charge in [0, 0.05) is 29.7 Å². The van der Waals surface area contributed by atoms with Gasteiger partial charge in [-0.3, -0.25) is 9.59 Å². The smallest absolute Gasteiger partial charge is 0.257 e. The summed E-state index contributed by atoms with van der Waals surface area (Å²) in [6.07, 6.45) is 0. The molecule has 0 saturated heterocycles. The van der Waals surface area contributed by atoms with Gasteiger partial charge < -0.3 is 15.2 Å². The van der Waals surface area contributed by atoms with Gasteiger partial charge in [0.05, 0.1) is 11.3 Å². The fraction of sp³-hybridized carbons (Fsp3) is 0.182.